The Kier molecular flexibility index (Phi) is 4.95. The van der Waals surface area contributed by atoms with E-state index in [0.717, 1.165) is 68.9 Å². The fraction of sp³-hybridized carbons (Fsp3) is 0.522. The number of aliphatic hydroxyl groups excluding tert-OH is 1. The van der Waals surface area contributed by atoms with E-state index >= 15 is 0 Å². The van der Waals surface area contributed by atoms with E-state index in [2.05, 4.69) is 21.9 Å². The SMILES string of the molecule is NC(=O)CN1CCC2(CCc3c(N4CCC(O)C4)nc(-c4ccccc4)nc32)CC1. The zero-order valence-electron chi connectivity index (χ0n) is 17.3. The maximum atomic E-state index is 11.3. The summed E-state index contributed by atoms with van der Waals surface area (Å²) in [6.07, 6.45) is 4.52. The molecule has 3 N–H and O–H groups in total. The van der Waals surface area contributed by atoms with Gasteiger partial charge in [0.25, 0.3) is 0 Å². The van der Waals surface area contributed by atoms with Crippen LogP contribution in [0.2, 0.25) is 0 Å². The van der Waals surface area contributed by atoms with Crippen molar-refractivity contribution in [3.05, 3.63) is 41.6 Å². The number of amides is 1. The summed E-state index contributed by atoms with van der Waals surface area (Å²) < 4.78 is 0. The first-order valence-corrected chi connectivity index (χ1v) is 10.9. The highest BCUT2D eigenvalue weighted by Crippen LogP contribution is 2.48. The largest absolute Gasteiger partial charge is 0.391 e. The minimum Gasteiger partial charge on any atom is -0.391 e. The first kappa shape index (κ1) is 19.5. The molecule has 5 rings (SSSR count). The van der Waals surface area contributed by atoms with E-state index in [1.54, 1.807) is 0 Å². The zero-order chi connectivity index (χ0) is 20.7. The summed E-state index contributed by atoms with van der Waals surface area (Å²) >= 11 is 0. The number of fused-ring (bicyclic) bond motifs is 2. The molecule has 1 aliphatic carbocycles. The molecule has 3 heterocycles. The summed E-state index contributed by atoms with van der Waals surface area (Å²) in [5.41, 5.74) is 8.91. The molecular weight excluding hydrogens is 378 g/mol. The van der Waals surface area contributed by atoms with Crippen LogP contribution < -0.4 is 10.6 Å². The maximum absolute atomic E-state index is 11.3. The summed E-state index contributed by atoms with van der Waals surface area (Å²) in [4.78, 5) is 25.8. The number of nitrogens with zero attached hydrogens (tertiary/aromatic N) is 4. The van der Waals surface area contributed by atoms with Crippen LogP contribution in [-0.2, 0) is 16.6 Å². The molecule has 7 heteroatoms. The highest BCUT2D eigenvalue weighted by atomic mass is 16.3. The molecule has 1 amide bonds. The average Bonchev–Trinajstić information content (AvgIpc) is 3.34. The number of rotatable bonds is 4. The molecule has 2 saturated heterocycles. The number of benzene rings is 1. The van der Waals surface area contributed by atoms with E-state index in [1.807, 2.05) is 18.2 Å². The van der Waals surface area contributed by atoms with E-state index in [9.17, 15) is 9.90 Å². The van der Waals surface area contributed by atoms with Crippen LogP contribution in [0.3, 0.4) is 0 Å². The van der Waals surface area contributed by atoms with Crippen LogP contribution in [0.4, 0.5) is 5.82 Å². The van der Waals surface area contributed by atoms with Crippen LogP contribution in [0.1, 0.15) is 36.9 Å². The highest BCUT2D eigenvalue weighted by Gasteiger charge is 2.45. The number of nitrogens with two attached hydrogens (primary N) is 1. The molecule has 0 saturated carbocycles. The van der Waals surface area contributed by atoms with Crippen molar-refractivity contribution < 1.29 is 9.90 Å². The van der Waals surface area contributed by atoms with Crippen molar-refractivity contribution in [2.45, 2.75) is 43.6 Å². The predicted molar refractivity (Wildman–Crippen MR) is 115 cm³/mol. The Balaban J connectivity index is 1.53. The Hall–Kier alpha value is -2.51. The van der Waals surface area contributed by atoms with Crippen molar-refractivity contribution in [2.24, 2.45) is 5.73 Å². The molecular formula is C23H29N5O2. The Morgan fingerprint density at radius 2 is 1.90 bits per heavy atom. The average molecular weight is 408 g/mol. The summed E-state index contributed by atoms with van der Waals surface area (Å²) in [5, 5.41) is 10.1. The van der Waals surface area contributed by atoms with Crippen LogP contribution in [0.5, 0.6) is 0 Å². The fourth-order valence-electron chi connectivity index (χ4n) is 5.38. The highest BCUT2D eigenvalue weighted by molar-refractivity contribution is 5.76. The molecule has 1 aromatic carbocycles. The minimum atomic E-state index is -0.289. The molecule has 1 aromatic heterocycles. The second-order valence-corrected chi connectivity index (χ2v) is 8.98. The standard InChI is InChI=1S/C23H29N5O2/c24-19(30)15-27-12-9-23(10-13-27)8-6-18-20(23)25-21(16-4-2-1-3-5-16)26-22(18)28-11-7-17(29)14-28/h1-5,17,29H,6-15H2,(H2,24,30). The number of anilines is 1. The van der Waals surface area contributed by atoms with E-state index in [1.165, 1.54) is 11.3 Å². The first-order valence-electron chi connectivity index (χ1n) is 10.9. The van der Waals surface area contributed by atoms with Gasteiger partial charge in [0.15, 0.2) is 5.82 Å². The Morgan fingerprint density at radius 1 is 1.13 bits per heavy atom. The number of aromatic nitrogens is 2. The number of primary amides is 1. The quantitative estimate of drug-likeness (QED) is 0.797. The molecule has 2 fully saturated rings. The lowest BCUT2D eigenvalue weighted by Gasteiger charge is -2.39. The van der Waals surface area contributed by atoms with Crippen molar-refractivity contribution in [3.8, 4) is 11.4 Å². The van der Waals surface area contributed by atoms with Crippen LogP contribution in [-0.4, -0.2) is 64.7 Å². The molecule has 1 atom stereocenters. The summed E-state index contributed by atoms with van der Waals surface area (Å²) in [5.74, 6) is 1.51. The van der Waals surface area contributed by atoms with Gasteiger partial charge >= 0.3 is 0 Å². The van der Waals surface area contributed by atoms with Gasteiger partial charge in [0, 0.05) is 29.6 Å². The second-order valence-electron chi connectivity index (χ2n) is 8.98. The smallest absolute Gasteiger partial charge is 0.231 e. The molecule has 7 nitrogen and oxygen atoms in total. The van der Waals surface area contributed by atoms with Gasteiger partial charge in [0.05, 0.1) is 18.3 Å². The van der Waals surface area contributed by atoms with Gasteiger partial charge in [-0.15, -0.1) is 0 Å². The number of hydrogen-bond acceptors (Lipinski definition) is 6. The summed E-state index contributed by atoms with van der Waals surface area (Å²) in [6.45, 7) is 3.53. The van der Waals surface area contributed by atoms with Gasteiger partial charge in [-0.25, -0.2) is 9.97 Å². The van der Waals surface area contributed by atoms with Crippen LogP contribution in [0, 0.1) is 0 Å². The topological polar surface area (TPSA) is 95.6 Å². The lowest BCUT2D eigenvalue weighted by atomic mass is 9.76. The fourth-order valence-corrected chi connectivity index (χ4v) is 5.38. The Morgan fingerprint density at radius 3 is 2.57 bits per heavy atom. The summed E-state index contributed by atoms with van der Waals surface area (Å²) in [7, 11) is 0. The molecule has 2 aromatic rings. The van der Waals surface area contributed by atoms with E-state index in [4.69, 9.17) is 15.7 Å². The van der Waals surface area contributed by atoms with Crippen LogP contribution in [0.25, 0.3) is 11.4 Å². The number of piperidine rings is 1. The van der Waals surface area contributed by atoms with Crippen molar-refractivity contribution in [2.75, 3.05) is 37.6 Å². The number of likely N-dealkylation sites (tertiary alicyclic amines) is 1. The van der Waals surface area contributed by atoms with Gasteiger partial charge in [0.1, 0.15) is 5.82 Å². The molecule has 0 radical (unpaired) electrons. The molecule has 1 spiro atoms. The van der Waals surface area contributed by atoms with Crippen molar-refractivity contribution >= 4 is 11.7 Å². The van der Waals surface area contributed by atoms with Crippen LogP contribution in [0.15, 0.2) is 30.3 Å². The third-order valence-corrected chi connectivity index (χ3v) is 7.03. The molecule has 30 heavy (non-hydrogen) atoms. The predicted octanol–water partition coefficient (Wildman–Crippen LogP) is 1.48. The van der Waals surface area contributed by atoms with E-state index in [0.29, 0.717) is 13.1 Å². The Bertz CT molecular complexity index is 940. The molecule has 158 valence electrons. The first-order chi connectivity index (χ1) is 14.5. The lowest BCUT2D eigenvalue weighted by molar-refractivity contribution is -0.119. The molecule has 0 bridgehead atoms. The van der Waals surface area contributed by atoms with Gasteiger partial charge in [0.2, 0.25) is 5.91 Å². The zero-order valence-corrected chi connectivity index (χ0v) is 17.3. The normalized spacial score (nSPS) is 23.1. The van der Waals surface area contributed by atoms with Crippen molar-refractivity contribution in [1.29, 1.82) is 0 Å². The van der Waals surface area contributed by atoms with Gasteiger partial charge < -0.3 is 15.7 Å². The number of hydrogen-bond donors (Lipinski definition) is 2. The molecule has 3 aliphatic rings. The molecule has 2 aliphatic heterocycles. The van der Waals surface area contributed by atoms with E-state index in [-0.39, 0.29) is 17.4 Å². The number of aliphatic hydroxyl groups is 1. The van der Waals surface area contributed by atoms with E-state index < -0.39 is 0 Å². The van der Waals surface area contributed by atoms with Crippen molar-refractivity contribution in [1.82, 2.24) is 14.9 Å². The van der Waals surface area contributed by atoms with Gasteiger partial charge in [-0.2, -0.15) is 0 Å². The van der Waals surface area contributed by atoms with Crippen molar-refractivity contribution in [3.63, 3.8) is 0 Å². The third-order valence-electron chi connectivity index (χ3n) is 7.03. The monoisotopic (exact) mass is 407 g/mol. The number of carbonyl (C=O) groups excluding carboxylic acids is 1. The van der Waals surface area contributed by atoms with Crippen LogP contribution >= 0.6 is 0 Å². The number of β-amino-alcohol motifs (C(OH)–C–C–N with tert-alkyl or cyclic N) is 1. The molecule has 1 unspecified atom stereocenters. The minimum absolute atomic E-state index is 0.0447. The Labute approximate surface area is 176 Å². The maximum Gasteiger partial charge on any atom is 0.231 e. The van der Waals surface area contributed by atoms with Gasteiger partial charge in [-0.05, 0) is 45.2 Å². The third kappa shape index (κ3) is 3.46. The van der Waals surface area contributed by atoms with Gasteiger partial charge in [-0.1, -0.05) is 30.3 Å². The number of carbonyl (C=O) groups is 1. The second kappa shape index (κ2) is 7.63. The summed E-state index contributed by atoms with van der Waals surface area (Å²) in [6, 6.07) is 10.2. The van der Waals surface area contributed by atoms with Gasteiger partial charge in [-0.3, -0.25) is 9.69 Å². The lowest BCUT2D eigenvalue weighted by Crippen LogP contribution is -2.45.